The molecule has 0 radical (unpaired) electrons. The minimum Gasteiger partial charge on any atom is -0.484 e. The molecule has 2 aromatic carbocycles. The summed E-state index contributed by atoms with van der Waals surface area (Å²) in [7, 11) is 0. The van der Waals surface area contributed by atoms with Crippen LogP contribution in [0.1, 0.15) is 33.6 Å². The van der Waals surface area contributed by atoms with Gasteiger partial charge in [-0.3, -0.25) is 14.5 Å². The third-order valence-electron chi connectivity index (χ3n) is 5.81. The van der Waals surface area contributed by atoms with Crippen LogP contribution in [0.4, 0.5) is 23.7 Å². The number of ether oxygens (including phenoxy) is 4. The summed E-state index contributed by atoms with van der Waals surface area (Å²) in [6.07, 6.45) is -4.10. The SMILES string of the molecule is CC(C)(C)OC(=O)N1CC(NC(=O)COc2ccc(Cl)c(F)c2)CCC1C(=O)Nc1ccc2c(c1)OC(F)(F)O2. The molecule has 2 aliphatic rings. The molecule has 216 valence electrons. The Morgan fingerprint density at radius 1 is 1.10 bits per heavy atom. The van der Waals surface area contributed by atoms with Crippen LogP contribution in [0.3, 0.4) is 0 Å². The summed E-state index contributed by atoms with van der Waals surface area (Å²) in [6, 6.07) is 6.01. The van der Waals surface area contributed by atoms with Crippen LogP contribution in [-0.4, -0.2) is 59.9 Å². The Balaban J connectivity index is 1.40. The third kappa shape index (κ3) is 7.40. The Kier molecular flexibility index (Phi) is 8.24. The fourth-order valence-corrected chi connectivity index (χ4v) is 4.24. The van der Waals surface area contributed by atoms with E-state index in [1.54, 1.807) is 20.8 Å². The summed E-state index contributed by atoms with van der Waals surface area (Å²) in [6.45, 7) is 4.53. The van der Waals surface area contributed by atoms with Crippen molar-refractivity contribution in [3.63, 3.8) is 0 Å². The zero-order valence-corrected chi connectivity index (χ0v) is 22.5. The molecule has 10 nitrogen and oxygen atoms in total. The first-order valence-corrected chi connectivity index (χ1v) is 12.6. The number of hydrogen-bond donors (Lipinski definition) is 2. The van der Waals surface area contributed by atoms with Crippen LogP contribution in [0.5, 0.6) is 17.2 Å². The second-order valence-electron chi connectivity index (χ2n) is 10.2. The van der Waals surface area contributed by atoms with Gasteiger partial charge in [0.05, 0.1) is 5.02 Å². The summed E-state index contributed by atoms with van der Waals surface area (Å²) in [5.41, 5.74) is -0.709. The summed E-state index contributed by atoms with van der Waals surface area (Å²) in [5.74, 6) is -2.12. The zero-order valence-electron chi connectivity index (χ0n) is 21.8. The molecule has 0 aliphatic carbocycles. The average molecular weight is 586 g/mol. The largest absolute Gasteiger partial charge is 0.586 e. The number of anilines is 1. The van der Waals surface area contributed by atoms with Gasteiger partial charge in [-0.05, 0) is 57.9 Å². The van der Waals surface area contributed by atoms with Crippen molar-refractivity contribution in [1.82, 2.24) is 10.2 Å². The van der Waals surface area contributed by atoms with Crippen molar-refractivity contribution in [2.24, 2.45) is 0 Å². The number of nitrogens with one attached hydrogen (secondary N) is 2. The number of benzene rings is 2. The number of fused-ring (bicyclic) bond motifs is 1. The standard InChI is InChI=1S/C26H27ClF3N3O7/c1-25(2,3)40-24(36)33-12-15(31-22(34)13-37-16-6-7-17(27)18(28)11-16)4-8-19(33)23(35)32-14-5-9-20-21(10-14)39-26(29,30)38-20/h5-7,9-11,15,19H,4,8,12-13H2,1-3H3,(H,31,34)(H,32,35). The minimum absolute atomic E-state index is 0.0539. The maximum atomic E-state index is 13.6. The van der Waals surface area contributed by atoms with Crippen LogP contribution >= 0.6 is 11.6 Å². The van der Waals surface area contributed by atoms with E-state index in [2.05, 4.69) is 20.1 Å². The molecular weight excluding hydrogens is 559 g/mol. The number of carbonyl (C=O) groups is 3. The molecule has 2 aromatic rings. The van der Waals surface area contributed by atoms with Crippen molar-refractivity contribution < 1.29 is 46.5 Å². The Morgan fingerprint density at radius 2 is 1.82 bits per heavy atom. The molecule has 2 N–H and O–H groups in total. The highest BCUT2D eigenvalue weighted by Crippen LogP contribution is 2.42. The van der Waals surface area contributed by atoms with Crippen LogP contribution in [0.25, 0.3) is 0 Å². The van der Waals surface area contributed by atoms with E-state index < -0.39 is 54.3 Å². The molecule has 14 heteroatoms. The Hall–Kier alpha value is -3.87. The van der Waals surface area contributed by atoms with Gasteiger partial charge in [0.1, 0.15) is 23.2 Å². The number of nitrogens with zero attached hydrogens (tertiary/aromatic N) is 1. The van der Waals surface area contributed by atoms with E-state index >= 15 is 0 Å². The van der Waals surface area contributed by atoms with Gasteiger partial charge < -0.3 is 29.6 Å². The Bertz CT molecular complexity index is 1300. The molecule has 0 spiro atoms. The molecule has 0 saturated carbocycles. The molecule has 2 atom stereocenters. The number of piperidine rings is 1. The van der Waals surface area contributed by atoms with Crippen LogP contribution in [0, 0.1) is 5.82 Å². The smallest absolute Gasteiger partial charge is 0.484 e. The topological polar surface area (TPSA) is 115 Å². The van der Waals surface area contributed by atoms with E-state index in [0.717, 1.165) is 6.07 Å². The highest BCUT2D eigenvalue weighted by Gasteiger charge is 2.44. The number of carbonyl (C=O) groups excluding carboxylic acids is 3. The van der Waals surface area contributed by atoms with Gasteiger partial charge in [0, 0.05) is 30.4 Å². The number of amides is 3. The normalized spacial score (nSPS) is 19.5. The fraction of sp³-hybridized carbons (Fsp3) is 0.423. The molecular formula is C26H27ClF3N3O7. The molecule has 4 rings (SSSR count). The summed E-state index contributed by atoms with van der Waals surface area (Å²) in [4.78, 5) is 39.9. The molecule has 40 heavy (non-hydrogen) atoms. The quantitative estimate of drug-likeness (QED) is 0.505. The lowest BCUT2D eigenvalue weighted by Gasteiger charge is -2.39. The van der Waals surface area contributed by atoms with Crippen molar-refractivity contribution in [2.45, 2.75) is 57.6 Å². The zero-order chi connectivity index (χ0) is 29.2. The van der Waals surface area contributed by atoms with Crippen LogP contribution in [0.15, 0.2) is 36.4 Å². The van der Waals surface area contributed by atoms with Gasteiger partial charge in [-0.15, -0.1) is 8.78 Å². The summed E-state index contributed by atoms with van der Waals surface area (Å²) >= 11 is 5.64. The van der Waals surface area contributed by atoms with Gasteiger partial charge >= 0.3 is 12.4 Å². The second-order valence-corrected chi connectivity index (χ2v) is 10.6. The first-order valence-electron chi connectivity index (χ1n) is 12.3. The van der Waals surface area contributed by atoms with Crippen LogP contribution < -0.4 is 24.8 Å². The molecule has 0 aromatic heterocycles. The molecule has 3 amide bonds. The van der Waals surface area contributed by atoms with Crippen molar-refractivity contribution in [1.29, 1.82) is 0 Å². The molecule has 2 unspecified atom stereocenters. The maximum absolute atomic E-state index is 13.6. The summed E-state index contributed by atoms with van der Waals surface area (Å²) < 4.78 is 59.9. The van der Waals surface area contributed by atoms with Gasteiger partial charge in [-0.25, -0.2) is 9.18 Å². The van der Waals surface area contributed by atoms with E-state index in [1.807, 2.05) is 0 Å². The number of likely N-dealkylation sites (tertiary alicyclic amines) is 1. The Labute approximate surface area is 232 Å². The predicted octanol–water partition coefficient (Wildman–Crippen LogP) is 4.70. The van der Waals surface area contributed by atoms with Crippen molar-refractivity contribution >= 4 is 35.2 Å². The lowest BCUT2D eigenvalue weighted by atomic mass is 9.97. The van der Waals surface area contributed by atoms with Gasteiger partial charge in [-0.2, -0.15) is 0 Å². The first-order chi connectivity index (χ1) is 18.7. The van der Waals surface area contributed by atoms with Gasteiger partial charge in [-0.1, -0.05) is 11.6 Å². The van der Waals surface area contributed by atoms with Crippen molar-refractivity contribution in [2.75, 3.05) is 18.5 Å². The van der Waals surface area contributed by atoms with Crippen molar-refractivity contribution in [3.05, 3.63) is 47.2 Å². The second kappa shape index (κ2) is 11.3. The predicted molar refractivity (Wildman–Crippen MR) is 136 cm³/mol. The molecule has 2 heterocycles. The highest BCUT2D eigenvalue weighted by molar-refractivity contribution is 6.30. The summed E-state index contributed by atoms with van der Waals surface area (Å²) in [5, 5.41) is 5.26. The maximum Gasteiger partial charge on any atom is 0.586 e. The highest BCUT2D eigenvalue weighted by atomic mass is 35.5. The van der Waals surface area contributed by atoms with E-state index in [4.69, 9.17) is 21.1 Å². The van der Waals surface area contributed by atoms with E-state index in [1.165, 1.54) is 35.2 Å². The van der Waals surface area contributed by atoms with Gasteiger partial charge in [0.15, 0.2) is 18.1 Å². The number of rotatable bonds is 6. The molecule has 2 aliphatic heterocycles. The monoisotopic (exact) mass is 585 g/mol. The first kappa shape index (κ1) is 29.1. The molecule has 1 fully saturated rings. The lowest BCUT2D eigenvalue weighted by molar-refractivity contribution is -0.286. The number of halogens is 4. The van der Waals surface area contributed by atoms with Crippen LogP contribution in [-0.2, 0) is 14.3 Å². The van der Waals surface area contributed by atoms with Gasteiger partial charge in [0.25, 0.3) is 5.91 Å². The minimum atomic E-state index is -3.81. The number of hydrogen-bond acceptors (Lipinski definition) is 7. The molecule has 1 saturated heterocycles. The lowest BCUT2D eigenvalue weighted by Crippen LogP contribution is -2.58. The fourth-order valence-electron chi connectivity index (χ4n) is 4.12. The average Bonchev–Trinajstić information content (AvgIpc) is 3.16. The number of alkyl halides is 2. The third-order valence-corrected chi connectivity index (χ3v) is 6.11. The van der Waals surface area contributed by atoms with Gasteiger partial charge in [0.2, 0.25) is 5.91 Å². The Morgan fingerprint density at radius 3 is 2.52 bits per heavy atom. The van der Waals surface area contributed by atoms with E-state index in [-0.39, 0.29) is 40.9 Å². The van der Waals surface area contributed by atoms with Crippen molar-refractivity contribution in [3.8, 4) is 17.2 Å². The van der Waals surface area contributed by atoms with E-state index in [9.17, 15) is 27.6 Å². The molecule has 0 bridgehead atoms. The van der Waals surface area contributed by atoms with Crippen LogP contribution in [0.2, 0.25) is 5.02 Å². The van der Waals surface area contributed by atoms with E-state index in [0.29, 0.717) is 6.42 Å².